The van der Waals surface area contributed by atoms with Crippen LogP contribution in [-0.4, -0.2) is 64.3 Å². The first kappa shape index (κ1) is 20.3. The molecule has 5 rings (SSSR count). The number of Topliss-reactive ketones (excluding diaryl/α,β-unsaturated/α-hetero) is 2. The third-order valence-corrected chi connectivity index (χ3v) is 6.63. The third-order valence-electron chi connectivity index (χ3n) is 6.63. The van der Waals surface area contributed by atoms with E-state index in [0.29, 0.717) is 5.56 Å². The lowest BCUT2D eigenvalue weighted by atomic mass is 9.76. The standard InChI is InChI=1S/C22H23NO8/c1-7-15-17(22-13(29-7)6-14(24)31-22)20(27)10-4-3-9(19(26)16(10)21(15)28)12-5-11(23)18(25)8(2)30-12/h3-4,7-8,11-13,18,22,25-26H,5-6,23H2,1-2H3/t7-,8-,11-,12?,13-,18-,22+/m1/s1. The summed E-state index contributed by atoms with van der Waals surface area (Å²) in [5.41, 5.74) is 6.50. The minimum atomic E-state index is -0.924. The minimum Gasteiger partial charge on any atom is -0.507 e. The van der Waals surface area contributed by atoms with Gasteiger partial charge >= 0.3 is 5.97 Å². The number of carbonyl (C=O) groups excluding carboxylic acids is 3. The summed E-state index contributed by atoms with van der Waals surface area (Å²) in [6.45, 7) is 3.32. The van der Waals surface area contributed by atoms with Gasteiger partial charge in [0.05, 0.1) is 42.0 Å². The molecule has 3 aliphatic heterocycles. The SMILES string of the molecule is C[C@H]1O[C@@H]2CC(=O)O[C@@H]2C2=C1C(=O)c1c(ccc(C3C[C@@H](N)[C@H](O)[C@@H](C)O3)c1O)C2=O. The zero-order chi connectivity index (χ0) is 22.2. The highest BCUT2D eigenvalue weighted by molar-refractivity contribution is 6.29. The van der Waals surface area contributed by atoms with Crippen LogP contribution in [0.25, 0.3) is 0 Å². The van der Waals surface area contributed by atoms with Crippen LogP contribution in [-0.2, 0) is 19.0 Å². The number of carbonyl (C=O) groups is 3. The van der Waals surface area contributed by atoms with E-state index in [2.05, 4.69) is 0 Å². The molecule has 2 fully saturated rings. The van der Waals surface area contributed by atoms with Crippen molar-refractivity contribution in [2.24, 2.45) is 5.73 Å². The molecule has 9 heteroatoms. The second-order valence-corrected chi connectivity index (χ2v) is 8.56. The van der Waals surface area contributed by atoms with Gasteiger partial charge in [-0.3, -0.25) is 14.4 Å². The fourth-order valence-corrected chi connectivity index (χ4v) is 5.06. The molecule has 3 heterocycles. The number of nitrogens with two attached hydrogens (primary N) is 1. The Morgan fingerprint density at radius 2 is 1.81 bits per heavy atom. The molecule has 0 amide bonds. The van der Waals surface area contributed by atoms with Gasteiger partial charge in [-0.2, -0.15) is 0 Å². The maximum atomic E-state index is 13.4. The summed E-state index contributed by atoms with van der Waals surface area (Å²) in [4.78, 5) is 38.5. The Kier molecular flexibility index (Phi) is 4.56. The number of aromatic hydroxyl groups is 1. The fourth-order valence-electron chi connectivity index (χ4n) is 5.06. The van der Waals surface area contributed by atoms with Crippen LogP contribution < -0.4 is 5.73 Å². The molecule has 2 saturated heterocycles. The molecule has 1 aromatic carbocycles. The van der Waals surface area contributed by atoms with E-state index in [1.165, 1.54) is 12.1 Å². The molecule has 0 radical (unpaired) electrons. The third kappa shape index (κ3) is 2.88. The maximum absolute atomic E-state index is 13.4. The van der Waals surface area contributed by atoms with Crippen molar-refractivity contribution in [3.63, 3.8) is 0 Å². The van der Waals surface area contributed by atoms with Gasteiger partial charge in [0.25, 0.3) is 0 Å². The van der Waals surface area contributed by atoms with Crippen molar-refractivity contribution in [2.45, 2.75) is 69.4 Å². The highest BCUT2D eigenvalue weighted by Gasteiger charge is 2.51. The Bertz CT molecular complexity index is 1030. The van der Waals surface area contributed by atoms with E-state index >= 15 is 0 Å². The van der Waals surface area contributed by atoms with Crippen LogP contribution in [0.3, 0.4) is 0 Å². The lowest BCUT2D eigenvalue weighted by Gasteiger charge is -2.38. The lowest BCUT2D eigenvalue weighted by molar-refractivity contribution is -0.140. The largest absolute Gasteiger partial charge is 0.507 e. The molecular weight excluding hydrogens is 406 g/mol. The summed E-state index contributed by atoms with van der Waals surface area (Å²) in [7, 11) is 0. The summed E-state index contributed by atoms with van der Waals surface area (Å²) in [5, 5.41) is 21.0. The normalized spacial score (nSPS) is 37.3. The number of rotatable bonds is 1. The Balaban J connectivity index is 1.58. The zero-order valence-corrected chi connectivity index (χ0v) is 17.0. The maximum Gasteiger partial charge on any atom is 0.309 e. The highest BCUT2D eigenvalue weighted by atomic mass is 16.6. The number of aliphatic hydroxyl groups excluding tert-OH is 1. The van der Waals surface area contributed by atoms with Crippen molar-refractivity contribution in [1.82, 2.24) is 0 Å². The Morgan fingerprint density at radius 3 is 2.52 bits per heavy atom. The number of hydrogen-bond acceptors (Lipinski definition) is 9. The van der Waals surface area contributed by atoms with Crippen molar-refractivity contribution < 1.29 is 38.8 Å². The van der Waals surface area contributed by atoms with Crippen molar-refractivity contribution in [2.75, 3.05) is 0 Å². The molecule has 9 nitrogen and oxygen atoms in total. The molecule has 0 spiro atoms. The number of phenolic OH excluding ortho intramolecular Hbond substituents is 1. The van der Waals surface area contributed by atoms with Gasteiger partial charge in [0.2, 0.25) is 0 Å². The van der Waals surface area contributed by atoms with Crippen molar-refractivity contribution in [3.8, 4) is 5.75 Å². The van der Waals surface area contributed by atoms with Gasteiger partial charge in [-0.05, 0) is 26.3 Å². The second-order valence-electron chi connectivity index (χ2n) is 8.56. The van der Waals surface area contributed by atoms with E-state index < -0.39 is 60.2 Å². The van der Waals surface area contributed by atoms with Gasteiger partial charge in [-0.25, -0.2) is 0 Å². The number of fused-ring (bicyclic) bond motifs is 3. The molecule has 4 aliphatic rings. The van der Waals surface area contributed by atoms with Crippen LogP contribution in [0, 0.1) is 0 Å². The van der Waals surface area contributed by atoms with Crippen molar-refractivity contribution in [3.05, 3.63) is 40.0 Å². The van der Waals surface area contributed by atoms with E-state index in [0.717, 1.165) is 0 Å². The first-order chi connectivity index (χ1) is 14.7. The molecule has 1 aliphatic carbocycles. The van der Waals surface area contributed by atoms with Crippen LogP contribution >= 0.6 is 0 Å². The molecule has 0 bridgehead atoms. The quantitative estimate of drug-likeness (QED) is 0.549. The minimum absolute atomic E-state index is 0.0214. The van der Waals surface area contributed by atoms with Crippen LogP contribution in [0.2, 0.25) is 0 Å². The Labute approximate surface area is 177 Å². The van der Waals surface area contributed by atoms with Crippen LogP contribution in [0.15, 0.2) is 23.3 Å². The molecule has 4 N–H and O–H groups in total. The average molecular weight is 429 g/mol. The topological polar surface area (TPSA) is 145 Å². The first-order valence-electron chi connectivity index (χ1n) is 10.3. The van der Waals surface area contributed by atoms with Crippen molar-refractivity contribution in [1.29, 1.82) is 0 Å². The summed E-state index contributed by atoms with van der Waals surface area (Å²) >= 11 is 0. The van der Waals surface area contributed by atoms with Crippen LogP contribution in [0.5, 0.6) is 5.75 Å². The predicted molar refractivity (Wildman–Crippen MR) is 105 cm³/mol. The molecule has 0 aromatic heterocycles. The Hall–Kier alpha value is -2.59. The highest BCUT2D eigenvalue weighted by Crippen LogP contribution is 2.45. The lowest BCUT2D eigenvalue weighted by Crippen LogP contribution is -2.48. The van der Waals surface area contributed by atoms with Crippen molar-refractivity contribution >= 4 is 17.5 Å². The fraction of sp³-hybridized carbons (Fsp3) is 0.500. The molecule has 1 unspecified atom stereocenters. The first-order valence-corrected chi connectivity index (χ1v) is 10.3. The van der Waals surface area contributed by atoms with Gasteiger partial charge in [0, 0.05) is 22.7 Å². The summed E-state index contributed by atoms with van der Waals surface area (Å²) in [6.07, 6.45) is -4.04. The number of benzene rings is 1. The van der Waals surface area contributed by atoms with E-state index in [1.54, 1.807) is 13.8 Å². The molecule has 1 aromatic rings. The number of esters is 1. The van der Waals surface area contributed by atoms with Gasteiger partial charge in [0.15, 0.2) is 17.7 Å². The number of phenols is 1. The smallest absolute Gasteiger partial charge is 0.309 e. The average Bonchev–Trinajstić information content (AvgIpc) is 3.08. The summed E-state index contributed by atoms with van der Waals surface area (Å²) in [5.74, 6) is -1.83. The number of ketones is 2. The van der Waals surface area contributed by atoms with E-state index in [4.69, 9.17) is 19.9 Å². The van der Waals surface area contributed by atoms with Gasteiger partial charge in [0.1, 0.15) is 11.9 Å². The zero-order valence-electron chi connectivity index (χ0n) is 17.0. The van der Waals surface area contributed by atoms with E-state index in [1.807, 2.05) is 0 Å². The number of hydrogen-bond donors (Lipinski definition) is 3. The predicted octanol–water partition coefficient (Wildman–Crippen LogP) is 0.709. The monoisotopic (exact) mass is 429 g/mol. The van der Waals surface area contributed by atoms with E-state index in [-0.39, 0.29) is 40.9 Å². The van der Waals surface area contributed by atoms with Gasteiger partial charge < -0.3 is 30.2 Å². The molecule has 31 heavy (non-hydrogen) atoms. The summed E-state index contributed by atoms with van der Waals surface area (Å²) < 4.78 is 16.9. The molecule has 7 atom stereocenters. The van der Waals surface area contributed by atoms with E-state index in [9.17, 15) is 24.6 Å². The number of ether oxygens (including phenoxy) is 3. The number of aliphatic hydroxyl groups is 1. The molecule has 164 valence electrons. The second kappa shape index (κ2) is 6.96. The molecule has 0 saturated carbocycles. The summed E-state index contributed by atoms with van der Waals surface area (Å²) in [6, 6.07) is 2.45. The molecular formula is C22H23NO8. The van der Waals surface area contributed by atoms with Crippen LogP contribution in [0.4, 0.5) is 0 Å². The van der Waals surface area contributed by atoms with Gasteiger partial charge in [-0.15, -0.1) is 0 Å². The van der Waals surface area contributed by atoms with Crippen LogP contribution in [0.1, 0.15) is 59.1 Å². The Morgan fingerprint density at radius 1 is 1.06 bits per heavy atom. The van der Waals surface area contributed by atoms with Gasteiger partial charge in [-0.1, -0.05) is 6.07 Å².